The predicted octanol–water partition coefficient (Wildman–Crippen LogP) is 2.33. The van der Waals surface area contributed by atoms with Crippen LogP contribution in [-0.2, 0) is 0 Å². The van der Waals surface area contributed by atoms with Crippen molar-refractivity contribution < 1.29 is 9.47 Å². The van der Waals surface area contributed by atoms with Crippen LogP contribution >= 0.6 is 0 Å². The van der Waals surface area contributed by atoms with Crippen molar-refractivity contribution in [2.75, 3.05) is 20.3 Å². The van der Waals surface area contributed by atoms with Crippen molar-refractivity contribution in [2.45, 2.75) is 19.3 Å². The fourth-order valence-electron chi connectivity index (χ4n) is 2.22. The van der Waals surface area contributed by atoms with Crippen LogP contribution in [0.5, 0.6) is 11.5 Å². The Morgan fingerprint density at radius 2 is 1.58 bits per heavy atom. The average molecular weight is 355 g/mol. The van der Waals surface area contributed by atoms with Gasteiger partial charge in [-0.05, 0) is 55.7 Å². The molecule has 0 saturated carbocycles. The van der Waals surface area contributed by atoms with Crippen LogP contribution in [0.15, 0.2) is 47.6 Å². The van der Waals surface area contributed by atoms with Crippen molar-refractivity contribution in [3.8, 4) is 11.5 Å². The smallest absolute Gasteiger partial charge is 0.144 e. The number of benzene rings is 1. The maximum atomic E-state index is 7.35. The van der Waals surface area contributed by atoms with Gasteiger partial charge in [0.2, 0.25) is 0 Å². The molecule has 0 fully saturated rings. The van der Waals surface area contributed by atoms with E-state index in [1.165, 1.54) is 0 Å². The van der Waals surface area contributed by atoms with Crippen molar-refractivity contribution in [1.29, 1.82) is 5.41 Å². The van der Waals surface area contributed by atoms with Crippen LogP contribution in [0.1, 0.15) is 30.5 Å². The molecule has 0 aliphatic heterocycles. The molecule has 5 N–H and O–H groups in total. The predicted molar refractivity (Wildman–Crippen MR) is 103 cm³/mol. The number of nitrogens with two attached hydrogens (primary N) is 2. The van der Waals surface area contributed by atoms with E-state index in [2.05, 4.69) is 9.98 Å². The molecule has 0 radical (unpaired) electrons. The van der Waals surface area contributed by atoms with Crippen molar-refractivity contribution in [3.63, 3.8) is 0 Å². The molecule has 7 nitrogen and oxygen atoms in total. The van der Waals surface area contributed by atoms with E-state index in [0.717, 1.165) is 30.8 Å². The second kappa shape index (κ2) is 10.0. The number of nitrogens with zero attached hydrogens (tertiary/aromatic N) is 2. The maximum Gasteiger partial charge on any atom is 0.144 e. The molecule has 0 saturated heterocycles. The minimum Gasteiger partial charge on any atom is -0.494 e. The Bertz CT molecular complexity index is 727. The van der Waals surface area contributed by atoms with Gasteiger partial charge < -0.3 is 20.9 Å². The summed E-state index contributed by atoms with van der Waals surface area (Å²) in [6, 6.07) is 10.9. The molecule has 0 aliphatic carbocycles. The maximum absolute atomic E-state index is 7.35. The van der Waals surface area contributed by atoms with Gasteiger partial charge in [-0.3, -0.25) is 10.4 Å². The molecule has 2 rings (SSSR count). The highest BCUT2D eigenvalue weighted by atomic mass is 16.5. The lowest BCUT2D eigenvalue weighted by Gasteiger charge is -2.08. The highest BCUT2D eigenvalue weighted by Crippen LogP contribution is 2.13. The summed E-state index contributed by atoms with van der Waals surface area (Å²) in [7, 11) is 1.63. The standard InChI is InChI=1S/C19H25N5O2/c1-23-19(22)17-10-9-16(13-24-17)26-12-4-2-3-11-25-15-7-5-14(6-8-15)18(20)21/h5-10,13H,2-4,11-12H2,1H3,(H3,20,21)(H2,22,23). The minimum atomic E-state index is 0.0587. The molecule has 1 heterocycles. The summed E-state index contributed by atoms with van der Waals surface area (Å²) in [6.07, 6.45) is 4.54. The largest absolute Gasteiger partial charge is 0.494 e. The normalized spacial score (nSPS) is 11.2. The molecule has 1 aromatic carbocycles. The molecule has 0 atom stereocenters. The van der Waals surface area contributed by atoms with Crippen molar-refractivity contribution >= 4 is 11.7 Å². The summed E-state index contributed by atoms with van der Waals surface area (Å²) in [4.78, 5) is 8.10. The number of nitrogen functional groups attached to an aromatic ring is 1. The summed E-state index contributed by atoms with van der Waals surface area (Å²) in [5, 5.41) is 7.35. The number of hydrogen-bond donors (Lipinski definition) is 3. The van der Waals surface area contributed by atoms with Crippen LogP contribution in [0.4, 0.5) is 0 Å². The van der Waals surface area contributed by atoms with Gasteiger partial charge in [0, 0.05) is 12.6 Å². The third-order valence-corrected chi connectivity index (χ3v) is 3.73. The number of unbranched alkanes of at least 4 members (excludes halogenated alkanes) is 2. The molecule has 0 bridgehead atoms. The Balaban J connectivity index is 1.58. The molecule has 0 amide bonds. The number of ether oxygens (including phenoxy) is 2. The van der Waals surface area contributed by atoms with E-state index in [1.807, 2.05) is 18.2 Å². The second-order valence-corrected chi connectivity index (χ2v) is 5.68. The summed E-state index contributed by atoms with van der Waals surface area (Å²) >= 11 is 0. The summed E-state index contributed by atoms with van der Waals surface area (Å²) < 4.78 is 11.3. The van der Waals surface area contributed by atoms with Gasteiger partial charge >= 0.3 is 0 Å². The van der Waals surface area contributed by atoms with Crippen molar-refractivity contribution in [3.05, 3.63) is 53.9 Å². The first kappa shape index (κ1) is 19.2. The van der Waals surface area contributed by atoms with E-state index in [-0.39, 0.29) is 5.84 Å². The van der Waals surface area contributed by atoms with Gasteiger partial charge in [-0.15, -0.1) is 0 Å². The lowest BCUT2D eigenvalue weighted by atomic mass is 10.2. The molecule has 0 unspecified atom stereocenters. The van der Waals surface area contributed by atoms with E-state index in [0.29, 0.717) is 30.3 Å². The number of aliphatic imine (C=N–C) groups is 1. The van der Waals surface area contributed by atoms with Crippen LogP contribution in [0.3, 0.4) is 0 Å². The zero-order valence-electron chi connectivity index (χ0n) is 14.9. The molecular formula is C19H25N5O2. The van der Waals surface area contributed by atoms with Crippen LogP contribution in [-0.4, -0.2) is 36.9 Å². The number of nitrogens with one attached hydrogen (secondary N) is 1. The van der Waals surface area contributed by atoms with Crippen LogP contribution in [0.2, 0.25) is 0 Å². The first-order valence-corrected chi connectivity index (χ1v) is 8.49. The van der Waals surface area contributed by atoms with Crippen molar-refractivity contribution in [1.82, 2.24) is 4.98 Å². The van der Waals surface area contributed by atoms with Crippen LogP contribution < -0.4 is 20.9 Å². The molecule has 138 valence electrons. The van der Waals surface area contributed by atoms with Gasteiger partial charge in [-0.1, -0.05) is 0 Å². The van der Waals surface area contributed by atoms with Crippen molar-refractivity contribution in [2.24, 2.45) is 16.5 Å². The first-order valence-electron chi connectivity index (χ1n) is 8.49. The number of pyridine rings is 1. The van der Waals surface area contributed by atoms with Crippen LogP contribution in [0, 0.1) is 5.41 Å². The Morgan fingerprint density at radius 3 is 2.12 bits per heavy atom. The fourth-order valence-corrected chi connectivity index (χ4v) is 2.22. The highest BCUT2D eigenvalue weighted by molar-refractivity contribution is 5.95. The van der Waals surface area contributed by atoms with E-state index in [4.69, 9.17) is 26.4 Å². The number of rotatable bonds is 10. The molecule has 26 heavy (non-hydrogen) atoms. The molecular weight excluding hydrogens is 330 g/mol. The topological polar surface area (TPSA) is 120 Å². The molecule has 0 spiro atoms. The second-order valence-electron chi connectivity index (χ2n) is 5.68. The number of aromatic nitrogens is 1. The van der Waals surface area contributed by atoms with Gasteiger partial charge in [0.1, 0.15) is 28.9 Å². The van der Waals surface area contributed by atoms with Gasteiger partial charge in [-0.2, -0.15) is 0 Å². The molecule has 7 heteroatoms. The van der Waals surface area contributed by atoms with E-state index in [1.54, 1.807) is 31.4 Å². The van der Waals surface area contributed by atoms with E-state index >= 15 is 0 Å². The van der Waals surface area contributed by atoms with Gasteiger partial charge in [-0.25, -0.2) is 4.98 Å². The Hall–Kier alpha value is -3.09. The summed E-state index contributed by atoms with van der Waals surface area (Å²) in [5.41, 5.74) is 12.5. The molecule has 0 aliphatic rings. The monoisotopic (exact) mass is 355 g/mol. The molecule has 1 aromatic heterocycles. The van der Waals surface area contributed by atoms with Crippen LogP contribution in [0.25, 0.3) is 0 Å². The summed E-state index contributed by atoms with van der Waals surface area (Å²) in [6.45, 7) is 1.27. The Kier molecular flexibility index (Phi) is 7.42. The Labute approximate surface area is 153 Å². The van der Waals surface area contributed by atoms with Gasteiger partial charge in [0.25, 0.3) is 0 Å². The van der Waals surface area contributed by atoms with Gasteiger partial charge in [0.15, 0.2) is 0 Å². The zero-order chi connectivity index (χ0) is 18.8. The van der Waals surface area contributed by atoms with Gasteiger partial charge in [0.05, 0.1) is 19.4 Å². The Morgan fingerprint density at radius 1 is 0.962 bits per heavy atom. The number of amidine groups is 2. The third-order valence-electron chi connectivity index (χ3n) is 3.73. The lowest BCUT2D eigenvalue weighted by Crippen LogP contribution is -2.14. The summed E-state index contributed by atoms with van der Waals surface area (Å²) in [5.74, 6) is 1.97. The first-order chi connectivity index (χ1) is 12.6. The highest BCUT2D eigenvalue weighted by Gasteiger charge is 2.01. The lowest BCUT2D eigenvalue weighted by molar-refractivity contribution is 0.279. The minimum absolute atomic E-state index is 0.0587. The third kappa shape index (κ3) is 6.08. The zero-order valence-corrected chi connectivity index (χ0v) is 14.9. The fraction of sp³-hybridized carbons (Fsp3) is 0.316. The SMILES string of the molecule is CN=C(N)c1ccc(OCCCCCOc2ccc(C(=N)N)cc2)cn1. The average Bonchev–Trinajstić information content (AvgIpc) is 2.67. The number of hydrogen-bond acceptors (Lipinski definition) is 5. The molecule has 2 aromatic rings. The van der Waals surface area contributed by atoms with E-state index < -0.39 is 0 Å². The van der Waals surface area contributed by atoms with E-state index in [9.17, 15) is 0 Å². The quantitative estimate of drug-likeness (QED) is 0.343.